The van der Waals surface area contributed by atoms with Crippen molar-refractivity contribution in [3.63, 3.8) is 0 Å². The number of hydrogen-bond acceptors (Lipinski definition) is 4. The van der Waals surface area contributed by atoms with E-state index in [4.69, 9.17) is 0 Å². The van der Waals surface area contributed by atoms with Gasteiger partial charge in [0.05, 0.1) is 12.7 Å². The van der Waals surface area contributed by atoms with Crippen LogP contribution in [0, 0.1) is 23.3 Å². The monoisotopic (exact) mass is 404 g/mol. The van der Waals surface area contributed by atoms with E-state index in [2.05, 4.69) is 85.8 Å². The van der Waals surface area contributed by atoms with Gasteiger partial charge in [0.1, 0.15) is 8.07 Å². The molecule has 2 rings (SSSR count). The molecular weight excluding hydrogens is 385 g/mol. The first-order chi connectivity index (χ1) is 11.4. The molecule has 1 heterocycles. The van der Waals surface area contributed by atoms with Crippen molar-refractivity contribution in [2.45, 2.75) is 19.6 Å². The van der Waals surface area contributed by atoms with E-state index in [1.807, 2.05) is 47.0 Å². The number of thioether (sulfide) groups is 4. The maximum absolute atomic E-state index is 3.26. The molecular formula is C19H20S4Si. The van der Waals surface area contributed by atoms with E-state index >= 15 is 0 Å². The van der Waals surface area contributed by atoms with Gasteiger partial charge in [-0.3, -0.25) is 0 Å². The molecule has 0 amide bonds. The van der Waals surface area contributed by atoms with Gasteiger partial charge in [-0.25, -0.2) is 0 Å². The van der Waals surface area contributed by atoms with Crippen molar-refractivity contribution < 1.29 is 0 Å². The van der Waals surface area contributed by atoms with Gasteiger partial charge in [0.25, 0.3) is 0 Å². The van der Waals surface area contributed by atoms with Crippen molar-refractivity contribution in [1.82, 2.24) is 0 Å². The molecule has 0 nitrogen and oxygen atoms in total. The van der Waals surface area contributed by atoms with Crippen molar-refractivity contribution in [3.05, 3.63) is 48.1 Å². The van der Waals surface area contributed by atoms with E-state index < -0.39 is 8.07 Å². The minimum atomic E-state index is -1.33. The normalized spacial score (nSPS) is 14.0. The molecule has 0 unspecified atom stereocenters. The van der Waals surface area contributed by atoms with Crippen LogP contribution in [-0.4, -0.2) is 20.6 Å². The van der Waals surface area contributed by atoms with Crippen LogP contribution >= 0.6 is 47.0 Å². The van der Waals surface area contributed by atoms with Gasteiger partial charge >= 0.3 is 0 Å². The lowest BCUT2D eigenvalue weighted by Crippen LogP contribution is -2.16. The SMILES string of the molecule is CSC1=C(SC)SC(=Cc2ccc(C#CC#C[Si](C)(C)C)cc2)S1. The second-order valence-corrected chi connectivity index (χ2v) is 15.3. The summed E-state index contributed by atoms with van der Waals surface area (Å²) in [5.74, 6) is 9.08. The highest BCUT2D eigenvalue weighted by Crippen LogP contribution is 2.56. The van der Waals surface area contributed by atoms with Crippen LogP contribution in [0.3, 0.4) is 0 Å². The third kappa shape index (κ3) is 6.39. The summed E-state index contributed by atoms with van der Waals surface area (Å²) in [5, 5.41) is 0. The Morgan fingerprint density at radius 1 is 0.917 bits per heavy atom. The van der Waals surface area contributed by atoms with E-state index in [0.717, 1.165) is 5.56 Å². The molecule has 1 aliphatic heterocycles. The van der Waals surface area contributed by atoms with Crippen molar-refractivity contribution in [2.24, 2.45) is 0 Å². The smallest absolute Gasteiger partial charge is 0.121 e. The molecule has 0 spiro atoms. The van der Waals surface area contributed by atoms with Crippen molar-refractivity contribution in [2.75, 3.05) is 12.5 Å². The van der Waals surface area contributed by atoms with Crippen LogP contribution in [0.4, 0.5) is 0 Å². The Balaban J connectivity index is 2.05. The molecule has 0 radical (unpaired) electrons. The van der Waals surface area contributed by atoms with Crippen molar-refractivity contribution in [1.29, 1.82) is 0 Å². The Morgan fingerprint density at radius 2 is 1.50 bits per heavy atom. The highest BCUT2D eigenvalue weighted by Gasteiger charge is 2.19. The van der Waals surface area contributed by atoms with E-state index in [1.54, 1.807) is 0 Å². The van der Waals surface area contributed by atoms with Gasteiger partial charge in [0.15, 0.2) is 0 Å². The number of rotatable bonds is 3. The summed E-state index contributed by atoms with van der Waals surface area (Å²) in [5.41, 5.74) is 5.49. The summed E-state index contributed by atoms with van der Waals surface area (Å²) in [6.07, 6.45) is 6.53. The van der Waals surface area contributed by atoms with Gasteiger partial charge in [0.2, 0.25) is 0 Å². The fourth-order valence-electron chi connectivity index (χ4n) is 1.72. The predicted octanol–water partition coefficient (Wildman–Crippen LogP) is 6.55. The quantitative estimate of drug-likeness (QED) is 0.413. The molecule has 0 atom stereocenters. The summed E-state index contributed by atoms with van der Waals surface area (Å²) in [6.45, 7) is 6.68. The topological polar surface area (TPSA) is 0 Å². The maximum Gasteiger partial charge on any atom is 0.130 e. The molecule has 124 valence electrons. The molecule has 0 fully saturated rings. The first-order valence-electron chi connectivity index (χ1n) is 7.44. The Hall–Kier alpha value is -0.563. The number of benzene rings is 1. The van der Waals surface area contributed by atoms with Crippen LogP contribution in [0.2, 0.25) is 19.6 Å². The van der Waals surface area contributed by atoms with Gasteiger partial charge in [-0.05, 0) is 48.1 Å². The minimum absolute atomic E-state index is 1.02. The average Bonchev–Trinajstić information content (AvgIpc) is 2.94. The highest BCUT2D eigenvalue weighted by molar-refractivity contribution is 8.40. The molecule has 24 heavy (non-hydrogen) atoms. The molecule has 0 aromatic heterocycles. The summed E-state index contributed by atoms with van der Waals surface area (Å²) >= 11 is 7.38. The van der Waals surface area contributed by atoms with Gasteiger partial charge in [-0.2, -0.15) is 0 Å². The summed E-state index contributed by atoms with van der Waals surface area (Å²) in [6, 6.07) is 8.39. The van der Waals surface area contributed by atoms with Crippen LogP contribution in [0.5, 0.6) is 0 Å². The lowest BCUT2D eigenvalue weighted by molar-refractivity contribution is 1.61. The number of hydrogen-bond donors (Lipinski definition) is 0. The minimum Gasteiger partial charge on any atom is -0.121 e. The molecule has 1 aliphatic rings. The lowest BCUT2D eigenvalue weighted by atomic mass is 10.1. The van der Waals surface area contributed by atoms with Gasteiger partial charge in [0, 0.05) is 5.56 Å². The van der Waals surface area contributed by atoms with Gasteiger partial charge < -0.3 is 0 Å². The molecule has 0 saturated heterocycles. The molecule has 5 heteroatoms. The summed E-state index contributed by atoms with van der Waals surface area (Å²) in [4.78, 5) is 0. The van der Waals surface area contributed by atoms with E-state index in [-0.39, 0.29) is 0 Å². The second-order valence-electron chi connectivity index (χ2n) is 6.02. The Bertz CT molecular complexity index is 757. The zero-order valence-electron chi connectivity index (χ0n) is 14.5. The van der Waals surface area contributed by atoms with Crippen LogP contribution in [0.15, 0.2) is 37.0 Å². The fraction of sp³-hybridized carbons (Fsp3) is 0.263. The average molecular weight is 405 g/mol. The Morgan fingerprint density at radius 3 is 2.00 bits per heavy atom. The third-order valence-electron chi connectivity index (χ3n) is 2.83. The van der Waals surface area contributed by atoms with Gasteiger partial charge in [-0.1, -0.05) is 61.2 Å². The molecule has 1 aromatic carbocycles. The van der Waals surface area contributed by atoms with Crippen LogP contribution < -0.4 is 0 Å². The molecule has 0 N–H and O–H groups in total. The summed E-state index contributed by atoms with van der Waals surface area (Å²) in [7, 11) is -1.33. The first kappa shape index (κ1) is 19.8. The third-order valence-corrected chi connectivity index (χ3v) is 8.78. The van der Waals surface area contributed by atoms with Crippen LogP contribution in [-0.2, 0) is 0 Å². The summed E-state index contributed by atoms with van der Waals surface area (Å²) < 4.78 is 4.15. The zero-order chi connectivity index (χ0) is 17.6. The fourth-order valence-corrected chi connectivity index (χ4v) is 7.10. The van der Waals surface area contributed by atoms with Crippen molar-refractivity contribution in [3.8, 4) is 23.3 Å². The van der Waals surface area contributed by atoms with E-state index in [1.165, 1.54) is 18.3 Å². The maximum atomic E-state index is 3.26. The zero-order valence-corrected chi connectivity index (χ0v) is 18.8. The van der Waals surface area contributed by atoms with Crippen LogP contribution in [0.1, 0.15) is 11.1 Å². The Kier molecular flexibility index (Phi) is 7.59. The first-order valence-corrected chi connectivity index (χ1v) is 15.0. The standard InChI is InChI=1S/C19H20S4Si/c1-20-18-19(21-2)23-17(22-18)14-16-11-9-15(10-12-16)8-6-7-13-24(3,4)5/h9-12,14H,1-5H3. The molecule has 0 aliphatic carbocycles. The largest absolute Gasteiger partial charge is 0.130 e. The van der Waals surface area contributed by atoms with E-state index in [9.17, 15) is 0 Å². The van der Waals surface area contributed by atoms with Gasteiger partial charge in [-0.15, -0.1) is 29.1 Å². The van der Waals surface area contributed by atoms with E-state index in [0.29, 0.717) is 0 Å². The molecule has 1 aromatic rings. The van der Waals surface area contributed by atoms with Crippen molar-refractivity contribution >= 4 is 61.2 Å². The van der Waals surface area contributed by atoms with Crippen LogP contribution in [0.25, 0.3) is 6.08 Å². The predicted molar refractivity (Wildman–Crippen MR) is 122 cm³/mol. The lowest BCUT2D eigenvalue weighted by Gasteiger charge is -2.01. The second kappa shape index (κ2) is 9.22. The molecule has 0 bridgehead atoms. The molecule has 0 saturated carbocycles. The highest BCUT2D eigenvalue weighted by atomic mass is 32.3. The Labute approximate surface area is 164 Å².